The van der Waals surface area contributed by atoms with Gasteiger partial charge in [-0.2, -0.15) is 0 Å². The number of ether oxygens (including phenoxy) is 1. The van der Waals surface area contributed by atoms with Crippen molar-refractivity contribution >= 4 is 5.97 Å². The van der Waals surface area contributed by atoms with Crippen molar-refractivity contribution in [3.05, 3.63) is 35.4 Å². The molecule has 0 fully saturated rings. The molecule has 3 heteroatoms. The number of aryl methyl sites for hydroxylation is 2. The topological polar surface area (TPSA) is 46.5 Å². The maximum atomic E-state index is 11.2. The van der Waals surface area contributed by atoms with E-state index in [2.05, 4.69) is 12.1 Å². The van der Waals surface area contributed by atoms with Crippen molar-refractivity contribution in [3.8, 4) is 0 Å². The van der Waals surface area contributed by atoms with Crippen molar-refractivity contribution in [1.29, 1.82) is 0 Å². The second kappa shape index (κ2) is 7.29. The number of hydrogen-bond acceptors (Lipinski definition) is 3. The van der Waals surface area contributed by atoms with Gasteiger partial charge >= 0.3 is 5.97 Å². The minimum atomic E-state index is -0.622. The summed E-state index contributed by atoms with van der Waals surface area (Å²) < 4.78 is 4.90. The molecule has 106 valence electrons. The van der Waals surface area contributed by atoms with Gasteiger partial charge < -0.3 is 9.84 Å². The zero-order chi connectivity index (χ0) is 14.3. The molecule has 0 spiro atoms. The van der Waals surface area contributed by atoms with Crippen LogP contribution in [-0.4, -0.2) is 23.3 Å². The monoisotopic (exact) mass is 264 g/mol. The molecule has 0 saturated heterocycles. The Labute approximate surface area is 115 Å². The summed E-state index contributed by atoms with van der Waals surface area (Å²) in [5.41, 5.74) is 1.73. The Hall–Kier alpha value is -1.35. The van der Waals surface area contributed by atoms with Gasteiger partial charge in [0.05, 0.1) is 12.2 Å². The number of carbonyl (C=O) groups is 1. The van der Waals surface area contributed by atoms with E-state index in [0.717, 1.165) is 18.4 Å². The summed E-state index contributed by atoms with van der Waals surface area (Å²) >= 11 is 0. The minimum Gasteiger partial charge on any atom is -0.466 e. The Balaban J connectivity index is 2.41. The molecule has 0 amide bonds. The quantitative estimate of drug-likeness (QED) is 0.770. The fourth-order valence-corrected chi connectivity index (χ4v) is 1.80. The van der Waals surface area contributed by atoms with Gasteiger partial charge in [-0.15, -0.1) is 0 Å². The summed E-state index contributed by atoms with van der Waals surface area (Å²) in [6.45, 7) is 5.89. The lowest BCUT2D eigenvalue weighted by Crippen LogP contribution is -2.19. The number of esters is 1. The van der Waals surface area contributed by atoms with Gasteiger partial charge in [0, 0.05) is 6.42 Å². The van der Waals surface area contributed by atoms with Crippen LogP contribution in [0.25, 0.3) is 0 Å². The summed E-state index contributed by atoms with van der Waals surface area (Å²) in [5, 5.41) is 9.68. The van der Waals surface area contributed by atoms with Crippen LogP contribution in [0.5, 0.6) is 0 Å². The average molecular weight is 264 g/mol. The third-order valence-corrected chi connectivity index (χ3v) is 2.97. The van der Waals surface area contributed by atoms with Gasteiger partial charge in [0.25, 0.3) is 0 Å². The maximum Gasteiger partial charge on any atom is 0.306 e. The fraction of sp³-hybridized carbons (Fsp3) is 0.562. The van der Waals surface area contributed by atoms with Crippen LogP contribution in [0.3, 0.4) is 0 Å². The van der Waals surface area contributed by atoms with Gasteiger partial charge in [0.2, 0.25) is 0 Å². The molecule has 3 nitrogen and oxygen atoms in total. The van der Waals surface area contributed by atoms with Crippen molar-refractivity contribution in [2.75, 3.05) is 6.61 Å². The highest BCUT2D eigenvalue weighted by Crippen LogP contribution is 2.14. The molecular formula is C16H24O3. The fourth-order valence-electron chi connectivity index (χ4n) is 1.80. The second-order valence-corrected chi connectivity index (χ2v) is 5.43. The third-order valence-electron chi connectivity index (χ3n) is 2.97. The first-order chi connectivity index (χ1) is 8.90. The van der Waals surface area contributed by atoms with E-state index in [1.54, 1.807) is 0 Å². The van der Waals surface area contributed by atoms with Crippen molar-refractivity contribution in [1.82, 2.24) is 0 Å². The zero-order valence-corrected chi connectivity index (χ0v) is 12.1. The van der Waals surface area contributed by atoms with Crippen molar-refractivity contribution < 1.29 is 14.6 Å². The largest absolute Gasteiger partial charge is 0.466 e. The molecule has 0 aliphatic rings. The first-order valence-electron chi connectivity index (χ1n) is 6.86. The third kappa shape index (κ3) is 6.97. The van der Waals surface area contributed by atoms with E-state index in [9.17, 15) is 9.90 Å². The Bertz CT molecular complexity index is 387. The highest BCUT2D eigenvalue weighted by atomic mass is 16.5. The minimum absolute atomic E-state index is 0.145. The van der Waals surface area contributed by atoms with Gasteiger partial charge in [-0.25, -0.2) is 0 Å². The predicted octanol–water partition coefficient (Wildman–Crippen LogP) is 2.89. The van der Waals surface area contributed by atoms with E-state index < -0.39 is 5.60 Å². The summed E-state index contributed by atoms with van der Waals surface area (Å²) in [5.74, 6) is -0.145. The Morgan fingerprint density at radius 2 is 1.68 bits per heavy atom. The van der Waals surface area contributed by atoms with E-state index in [1.807, 2.05) is 32.9 Å². The maximum absolute atomic E-state index is 11.2. The van der Waals surface area contributed by atoms with Gasteiger partial charge in [-0.1, -0.05) is 24.3 Å². The Morgan fingerprint density at radius 1 is 1.16 bits per heavy atom. The average Bonchev–Trinajstić information content (AvgIpc) is 2.34. The van der Waals surface area contributed by atoms with Crippen LogP contribution in [0.1, 0.15) is 44.7 Å². The molecule has 0 aliphatic carbocycles. The molecule has 1 aromatic carbocycles. The summed E-state index contributed by atoms with van der Waals surface area (Å²) in [6.07, 6.45) is 2.75. The van der Waals surface area contributed by atoms with Crippen LogP contribution >= 0.6 is 0 Å². The van der Waals surface area contributed by atoms with E-state index in [0.29, 0.717) is 19.4 Å². The molecule has 19 heavy (non-hydrogen) atoms. The molecule has 0 atom stereocenters. The van der Waals surface area contributed by atoms with E-state index >= 15 is 0 Å². The van der Waals surface area contributed by atoms with E-state index in [-0.39, 0.29) is 5.97 Å². The summed E-state index contributed by atoms with van der Waals surface area (Å²) in [4.78, 5) is 11.2. The van der Waals surface area contributed by atoms with Crippen molar-refractivity contribution in [2.24, 2.45) is 0 Å². The van der Waals surface area contributed by atoms with Crippen molar-refractivity contribution in [2.45, 2.75) is 52.1 Å². The number of aliphatic hydroxyl groups is 1. The number of hydrogen-bond donors (Lipinski definition) is 1. The summed E-state index contributed by atoms with van der Waals surface area (Å²) in [6, 6.07) is 8.20. The Morgan fingerprint density at radius 3 is 2.16 bits per heavy atom. The van der Waals surface area contributed by atoms with Crippen LogP contribution in [-0.2, 0) is 22.4 Å². The van der Waals surface area contributed by atoms with Crippen LogP contribution in [0.15, 0.2) is 24.3 Å². The smallest absolute Gasteiger partial charge is 0.306 e. The van der Waals surface area contributed by atoms with Gasteiger partial charge in [-0.3, -0.25) is 4.79 Å². The number of benzene rings is 1. The molecule has 0 saturated carbocycles. The number of carbonyl (C=O) groups excluding carboxylic acids is 1. The molecular weight excluding hydrogens is 240 g/mol. The summed E-state index contributed by atoms with van der Waals surface area (Å²) in [7, 11) is 0. The lowest BCUT2D eigenvalue weighted by molar-refractivity contribution is -0.143. The van der Waals surface area contributed by atoms with Crippen molar-refractivity contribution in [3.63, 3.8) is 0 Å². The zero-order valence-electron chi connectivity index (χ0n) is 12.1. The highest BCUT2D eigenvalue weighted by molar-refractivity contribution is 5.69. The lowest BCUT2D eigenvalue weighted by Gasteiger charge is -2.16. The van der Waals surface area contributed by atoms with Gasteiger partial charge in [0.1, 0.15) is 0 Å². The van der Waals surface area contributed by atoms with E-state index in [1.165, 1.54) is 5.56 Å². The normalized spacial score (nSPS) is 11.4. The van der Waals surface area contributed by atoms with Crippen LogP contribution in [0.2, 0.25) is 0 Å². The number of rotatable bonds is 7. The standard InChI is InChI=1S/C16H24O3/c1-4-19-15(17)10-9-13-5-7-14(8-6-13)11-12-16(2,3)18/h5-8,18H,4,9-12H2,1-3H3. The first-order valence-corrected chi connectivity index (χ1v) is 6.86. The molecule has 1 N–H and O–H groups in total. The molecule has 0 aliphatic heterocycles. The predicted molar refractivity (Wildman–Crippen MR) is 76.0 cm³/mol. The molecule has 1 aromatic rings. The lowest BCUT2D eigenvalue weighted by atomic mass is 9.98. The second-order valence-electron chi connectivity index (χ2n) is 5.43. The molecule has 0 aromatic heterocycles. The van der Waals surface area contributed by atoms with E-state index in [4.69, 9.17) is 4.74 Å². The SMILES string of the molecule is CCOC(=O)CCc1ccc(CCC(C)(C)O)cc1. The molecule has 0 heterocycles. The Kier molecular flexibility index (Phi) is 6.03. The van der Waals surface area contributed by atoms with Crippen LogP contribution < -0.4 is 0 Å². The molecule has 1 rings (SSSR count). The van der Waals surface area contributed by atoms with Gasteiger partial charge in [-0.05, 0) is 51.2 Å². The molecule has 0 bridgehead atoms. The molecule has 0 unspecified atom stereocenters. The molecule has 0 radical (unpaired) electrons. The van der Waals surface area contributed by atoms with Crippen LogP contribution in [0.4, 0.5) is 0 Å². The van der Waals surface area contributed by atoms with Crippen LogP contribution in [0, 0.1) is 0 Å². The van der Waals surface area contributed by atoms with Gasteiger partial charge in [0.15, 0.2) is 0 Å². The highest BCUT2D eigenvalue weighted by Gasteiger charge is 2.11. The first kappa shape index (κ1) is 15.7.